The summed E-state index contributed by atoms with van der Waals surface area (Å²) >= 11 is 1.64. The summed E-state index contributed by atoms with van der Waals surface area (Å²) in [5.74, 6) is -0.134. The van der Waals surface area contributed by atoms with Crippen LogP contribution in [0.1, 0.15) is 40.2 Å². The Morgan fingerprint density at radius 1 is 1.13 bits per heavy atom. The average molecular weight is 339 g/mol. The molecule has 2 nitrogen and oxygen atoms in total. The van der Waals surface area contributed by atoms with Crippen molar-refractivity contribution in [2.24, 2.45) is 0 Å². The maximum Gasteiger partial charge on any atom is 0.417 e. The number of carbonyl (C=O) groups excluding carboxylic acids is 1. The summed E-state index contributed by atoms with van der Waals surface area (Å²) in [5.41, 5.74) is 0.150. The van der Waals surface area contributed by atoms with Crippen LogP contribution < -0.4 is 0 Å². The lowest BCUT2D eigenvalue weighted by Gasteiger charge is -2.32. The lowest BCUT2D eigenvalue weighted by atomic mass is 9.91. The normalized spacial score (nSPS) is 16.6. The fraction of sp³-hybridized carbons (Fsp3) is 0.353. The number of thiophene rings is 1. The first-order valence-corrected chi connectivity index (χ1v) is 8.38. The molecule has 0 bridgehead atoms. The van der Waals surface area contributed by atoms with Crippen LogP contribution in [0.4, 0.5) is 13.2 Å². The second kappa shape index (κ2) is 6.35. The Morgan fingerprint density at radius 2 is 1.83 bits per heavy atom. The Bertz CT molecular complexity index is 673. The highest BCUT2D eigenvalue weighted by Gasteiger charge is 2.36. The second-order valence-corrected chi connectivity index (χ2v) is 6.45. The van der Waals surface area contributed by atoms with Gasteiger partial charge in [-0.3, -0.25) is 4.79 Å². The molecule has 1 saturated heterocycles. The maximum absolute atomic E-state index is 13.1. The number of nitrogens with zero attached hydrogens (tertiary/aromatic N) is 1. The number of amides is 1. The smallest absolute Gasteiger partial charge is 0.339 e. The molecule has 0 aliphatic carbocycles. The van der Waals surface area contributed by atoms with Gasteiger partial charge in [-0.15, -0.1) is 0 Å². The minimum atomic E-state index is -4.51. The van der Waals surface area contributed by atoms with E-state index in [1.54, 1.807) is 11.3 Å². The standard InChI is InChI=1S/C17H16F3NOS/c18-17(19,20)15-4-2-1-3-14(15)16(22)21-8-5-12(6-9-21)13-7-10-23-11-13/h1-4,7,10-12H,5-6,8-9H2. The van der Waals surface area contributed by atoms with Gasteiger partial charge in [-0.05, 0) is 53.3 Å². The molecule has 122 valence electrons. The largest absolute Gasteiger partial charge is 0.417 e. The van der Waals surface area contributed by atoms with E-state index in [1.807, 2.05) is 5.38 Å². The van der Waals surface area contributed by atoms with Gasteiger partial charge in [-0.1, -0.05) is 12.1 Å². The van der Waals surface area contributed by atoms with Crippen molar-refractivity contribution in [3.8, 4) is 0 Å². The molecule has 1 aromatic carbocycles. The fourth-order valence-corrected chi connectivity index (χ4v) is 3.75. The van der Waals surface area contributed by atoms with Crippen molar-refractivity contribution in [3.05, 3.63) is 57.8 Å². The molecule has 1 aliphatic rings. The van der Waals surface area contributed by atoms with Crippen LogP contribution in [0.3, 0.4) is 0 Å². The Labute approximate surface area is 136 Å². The summed E-state index contributed by atoms with van der Waals surface area (Å²) in [5, 5.41) is 4.12. The summed E-state index contributed by atoms with van der Waals surface area (Å²) in [6.07, 6.45) is -2.94. The highest BCUT2D eigenvalue weighted by molar-refractivity contribution is 7.07. The molecule has 1 fully saturated rings. The predicted molar refractivity (Wildman–Crippen MR) is 83.6 cm³/mol. The molecule has 1 aromatic heterocycles. The molecule has 23 heavy (non-hydrogen) atoms. The van der Waals surface area contributed by atoms with Gasteiger partial charge >= 0.3 is 6.18 Å². The van der Waals surface area contributed by atoms with Crippen molar-refractivity contribution >= 4 is 17.2 Å². The van der Waals surface area contributed by atoms with E-state index < -0.39 is 17.6 Å². The van der Waals surface area contributed by atoms with E-state index in [-0.39, 0.29) is 5.56 Å². The van der Waals surface area contributed by atoms with Crippen molar-refractivity contribution in [2.45, 2.75) is 24.9 Å². The summed E-state index contributed by atoms with van der Waals surface area (Å²) in [7, 11) is 0. The molecule has 0 unspecified atom stereocenters. The topological polar surface area (TPSA) is 20.3 Å². The minimum Gasteiger partial charge on any atom is -0.339 e. The first kappa shape index (κ1) is 16.1. The van der Waals surface area contributed by atoms with Crippen LogP contribution >= 0.6 is 11.3 Å². The molecule has 2 heterocycles. The summed E-state index contributed by atoms with van der Waals surface area (Å²) in [6.45, 7) is 0.983. The zero-order chi connectivity index (χ0) is 16.4. The van der Waals surface area contributed by atoms with E-state index in [4.69, 9.17) is 0 Å². The molecule has 0 saturated carbocycles. The maximum atomic E-state index is 13.1. The zero-order valence-electron chi connectivity index (χ0n) is 12.3. The van der Waals surface area contributed by atoms with E-state index in [2.05, 4.69) is 11.4 Å². The van der Waals surface area contributed by atoms with Gasteiger partial charge in [0.2, 0.25) is 0 Å². The number of likely N-dealkylation sites (tertiary alicyclic amines) is 1. The quantitative estimate of drug-likeness (QED) is 0.770. The number of alkyl halides is 3. The first-order chi connectivity index (χ1) is 11.0. The Hall–Kier alpha value is -1.82. The average Bonchev–Trinajstić information content (AvgIpc) is 3.08. The Morgan fingerprint density at radius 3 is 2.43 bits per heavy atom. The van der Waals surface area contributed by atoms with Gasteiger partial charge in [0.1, 0.15) is 0 Å². The minimum absolute atomic E-state index is 0.256. The molecule has 1 amide bonds. The molecule has 2 aromatic rings. The van der Waals surface area contributed by atoms with Crippen molar-refractivity contribution in [1.29, 1.82) is 0 Å². The molecule has 0 atom stereocenters. The molecule has 6 heteroatoms. The Balaban J connectivity index is 1.73. The lowest BCUT2D eigenvalue weighted by molar-refractivity contribution is -0.138. The molecule has 0 spiro atoms. The van der Waals surface area contributed by atoms with Crippen LogP contribution in [0.2, 0.25) is 0 Å². The number of hydrogen-bond acceptors (Lipinski definition) is 2. The van der Waals surface area contributed by atoms with Crippen molar-refractivity contribution in [2.75, 3.05) is 13.1 Å². The van der Waals surface area contributed by atoms with Crippen LogP contribution in [-0.2, 0) is 6.18 Å². The van der Waals surface area contributed by atoms with E-state index in [9.17, 15) is 18.0 Å². The molecular weight excluding hydrogens is 323 g/mol. The highest BCUT2D eigenvalue weighted by Crippen LogP contribution is 2.34. The van der Waals surface area contributed by atoms with E-state index in [0.717, 1.165) is 18.9 Å². The first-order valence-electron chi connectivity index (χ1n) is 7.44. The van der Waals surface area contributed by atoms with E-state index >= 15 is 0 Å². The third kappa shape index (κ3) is 3.42. The van der Waals surface area contributed by atoms with E-state index in [0.29, 0.717) is 19.0 Å². The number of rotatable bonds is 2. The van der Waals surface area contributed by atoms with Crippen molar-refractivity contribution in [1.82, 2.24) is 4.90 Å². The van der Waals surface area contributed by atoms with Gasteiger partial charge < -0.3 is 4.90 Å². The van der Waals surface area contributed by atoms with E-state index in [1.165, 1.54) is 28.7 Å². The monoisotopic (exact) mass is 339 g/mol. The molecule has 1 aliphatic heterocycles. The number of hydrogen-bond donors (Lipinski definition) is 0. The predicted octanol–water partition coefficient (Wildman–Crippen LogP) is 4.79. The molecule has 0 radical (unpaired) electrons. The summed E-state index contributed by atoms with van der Waals surface area (Å²) in [4.78, 5) is 14.0. The highest BCUT2D eigenvalue weighted by atomic mass is 32.1. The number of benzene rings is 1. The van der Waals surface area contributed by atoms with Crippen molar-refractivity contribution in [3.63, 3.8) is 0 Å². The summed E-state index contributed by atoms with van der Waals surface area (Å²) < 4.78 is 39.2. The van der Waals surface area contributed by atoms with Crippen LogP contribution in [0.15, 0.2) is 41.1 Å². The third-order valence-electron chi connectivity index (χ3n) is 4.26. The van der Waals surface area contributed by atoms with Gasteiger partial charge in [-0.25, -0.2) is 0 Å². The van der Waals surface area contributed by atoms with Crippen LogP contribution in [0.25, 0.3) is 0 Å². The SMILES string of the molecule is O=C(c1ccccc1C(F)(F)F)N1CCC(c2ccsc2)CC1. The second-order valence-electron chi connectivity index (χ2n) is 5.67. The number of piperidine rings is 1. The van der Waals surface area contributed by atoms with Crippen LogP contribution in [-0.4, -0.2) is 23.9 Å². The van der Waals surface area contributed by atoms with Crippen LogP contribution in [0.5, 0.6) is 0 Å². The number of halogens is 3. The molecule has 3 rings (SSSR count). The lowest BCUT2D eigenvalue weighted by Crippen LogP contribution is -2.38. The summed E-state index contributed by atoms with van der Waals surface area (Å²) in [6, 6.07) is 7.08. The fourth-order valence-electron chi connectivity index (χ4n) is 3.01. The zero-order valence-corrected chi connectivity index (χ0v) is 13.2. The molecular formula is C17H16F3NOS. The van der Waals surface area contributed by atoms with Gasteiger partial charge in [0.25, 0.3) is 5.91 Å². The third-order valence-corrected chi connectivity index (χ3v) is 4.96. The Kier molecular flexibility index (Phi) is 4.43. The van der Waals surface area contributed by atoms with Crippen molar-refractivity contribution < 1.29 is 18.0 Å². The van der Waals surface area contributed by atoms with Gasteiger partial charge in [0.15, 0.2) is 0 Å². The van der Waals surface area contributed by atoms with Crippen LogP contribution in [0, 0.1) is 0 Å². The number of carbonyl (C=O) groups is 1. The van der Waals surface area contributed by atoms with Gasteiger partial charge in [0.05, 0.1) is 11.1 Å². The van der Waals surface area contributed by atoms with Gasteiger partial charge in [-0.2, -0.15) is 24.5 Å². The molecule has 0 N–H and O–H groups in total. The van der Waals surface area contributed by atoms with Gasteiger partial charge in [0, 0.05) is 13.1 Å².